The quantitative estimate of drug-likeness (QED) is 0.215. The van der Waals surface area contributed by atoms with Crippen LogP contribution in [0, 0.1) is 10.1 Å². The van der Waals surface area contributed by atoms with E-state index < -0.39 is 16.7 Å². The third-order valence-electron chi connectivity index (χ3n) is 3.89. The van der Waals surface area contributed by atoms with Gasteiger partial charge < -0.3 is 4.74 Å². The summed E-state index contributed by atoms with van der Waals surface area (Å²) in [6, 6.07) is 16.1. The molecule has 29 heavy (non-hydrogen) atoms. The lowest BCUT2D eigenvalue weighted by Gasteiger charge is -2.07. The number of anilines is 1. The lowest BCUT2D eigenvalue weighted by molar-refractivity contribution is -0.384. The van der Waals surface area contributed by atoms with Crippen molar-refractivity contribution < 1.29 is 19.2 Å². The number of nitro benzene ring substituents is 1. The normalized spacial score (nSPS) is 11.1. The van der Waals surface area contributed by atoms with Crippen LogP contribution in [-0.4, -0.2) is 34.0 Å². The molecule has 0 saturated carbocycles. The number of carbonyl (C=O) groups excluding carboxylic acids is 2. The van der Waals surface area contributed by atoms with Gasteiger partial charge in [-0.05, 0) is 31.2 Å². The summed E-state index contributed by atoms with van der Waals surface area (Å²) >= 11 is 0. The van der Waals surface area contributed by atoms with Crippen molar-refractivity contribution in [2.45, 2.75) is 6.92 Å². The van der Waals surface area contributed by atoms with E-state index in [4.69, 9.17) is 4.74 Å². The number of esters is 1. The van der Waals surface area contributed by atoms with Gasteiger partial charge in [-0.15, -0.1) is 0 Å². The summed E-state index contributed by atoms with van der Waals surface area (Å²) in [4.78, 5) is 39.2. The van der Waals surface area contributed by atoms with Crippen molar-refractivity contribution in [1.82, 2.24) is 4.98 Å². The molecule has 0 aliphatic heterocycles. The minimum Gasteiger partial charge on any atom is -0.460 e. The van der Waals surface area contributed by atoms with Gasteiger partial charge in [-0.1, -0.05) is 24.3 Å². The first kappa shape index (κ1) is 19.6. The molecule has 9 heteroatoms. The molecule has 0 saturated heterocycles. The molecule has 3 aromatic rings. The van der Waals surface area contributed by atoms with Crippen LogP contribution in [0.1, 0.15) is 12.6 Å². The van der Waals surface area contributed by atoms with E-state index in [2.05, 4.69) is 15.5 Å². The van der Waals surface area contributed by atoms with Crippen LogP contribution in [0.5, 0.6) is 0 Å². The number of non-ortho nitro benzene ring substituents is 1. The number of ketones is 1. The smallest absolute Gasteiger partial charge is 0.381 e. The van der Waals surface area contributed by atoms with Crippen molar-refractivity contribution in [2.24, 2.45) is 5.10 Å². The predicted octanol–water partition coefficient (Wildman–Crippen LogP) is 3.09. The highest BCUT2D eigenvalue weighted by atomic mass is 16.6. The van der Waals surface area contributed by atoms with E-state index in [0.717, 1.165) is 5.39 Å². The van der Waals surface area contributed by atoms with E-state index in [9.17, 15) is 19.7 Å². The number of benzene rings is 2. The van der Waals surface area contributed by atoms with Crippen molar-refractivity contribution in [2.75, 3.05) is 12.0 Å². The number of hydrogen-bond acceptors (Lipinski definition) is 8. The summed E-state index contributed by atoms with van der Waals surface area (Å²) in [7, 11) is 0. The molecule has 146 valence electrons. The number of nitrogens with one attached hydrogen (secondary N) is 1. The molecule has 1 heterocycles. The van der Waals surface area contributed by atoms with Crippen molar-refractivity contribution in [3.63, 3.8) is 0 Å². The molecule has 3 rings (SSSR count). The Balaban J connectivity index is 1.97. The van der Waals surface area contributed by atoms with Crippen LogP contribution in [-0.2, 0) is 14.3 Å². The van der Waals surface area contributed by atoms with Crippen molar-refractivity contribution in [3.05, 3.63) is 76.5 Å². The van der Waals surface area contributed by atoms with Gasteiger partial charge in [0.15, 0.2) is 5.71 Å². The largest absolute Gasteiger partial charge is 0.460 e. The number of nitrogens with zero attached hydrogens (tertiary/aromatic N) is 3. The number of ether oxygens (including phenoxy) is 1. The summed E-state index contributed by atoms with van der Waals surface area (Å²) in [5, 5.41) is 15.6. The highest BCUT2D eigenvalue weighted by Crippen LogP contribution is 2.16. The zero-order chi connectivity index (χ0) is 20.8. The van der Waals surface area contributed by atoms with Crippen molar-refractivity contribution in [1.29, 1.82) is 0 Å². The first-order chi connectivity index (χ1) is 14.0. The number of pyridine rings is 1. The standard InChI is InChI=1S/C20H16N4O5/c1-2-29-20(26)19(25)18(17-12-7-13-5-3-4-6-16(13)21-17)23-22-14-8-10-15(11-9-14)24(27)28/h3-12,22H,2H2,1H3/b23-18-. The highest BCUT2D eigenvalue weighted by molar-refractivity contribution is 6.66. The summed E-state index contributed by atoms with van der Waals surface area (Å²) < 4.78 is 4.79. The van der Waals surface area contributed by atoms with Crippen LogP contribution in [0.2, 0.25) is 0 Å². The van der Waals surface area contributed by atoms with Gasteiger partial charge in [-0.3, -0.25) is 20.3 Å². The van der Waals surface area contributed by atoms with Gasteiger partial charge in [-0.25, -0.2) is 9.78 Å². The molecule has 0 unspecified atom stereocenters. The van der Waals surface area contributed by atoms with Crippen molar-refractivity contribution in [3.8, 4) is 0 Å². The Kier molecular flexibility index (Phi) is 5.88. The number of nitro groups is 1. The van der Waals surface area contributed by atoms with Gasteiger partial charge in [0.25, 0.3) is 11.5 Å². The summed E-state index contributed by atoms with van der Waals surface area (Å²) in [6.45, 7) is 1.63. The summed E-state index contributed by atoms with van der Waals surface area (Å²) in [6.07, 6.45) is 0. The van der Waals surface area contributed by atoms with Crippen LogP contribution in [0.15, 0.2) is 65.8 Å². The van der Waals surface area contributed by atoms with Crippen LogP contribution in [0.3, 0.4) is 0 Å². The second-order valence-corrected chi connectivity index (χ2v) is 5.81. The molecule has 0 aliphatic carbocycles. The number of hydrogen-bond donors (Lipinski definition) is 1. The molecule has 2 aromatic carbocycles. The van der Waals surface area contributed by atoms with Gasteiger partial charge in [0.2, 0.25) is 0 Å². The zero-order valence-electron chi connectivity index (χ0n) is 15.4. The fourth-order valence-corrected chi connectivity index (χ4v) is 2.49. The number of Topliss-reactive ketones (excluding diaryl/α,β-unsaturated/α-hetero) is 1. The molecular formula is C20H16N4O5. The number of hydrazone groups is 1. The number of rotatable bonds is 7. The van der Waals surface area contributed by atoms with Gasteiger partial charge in [0, 0.05) is 17.5 Å². The van der Waals surface area contributed by atoms with Crippen LogP contribution in [0.25, 0.3) is 10.9 Å². The van der Waals surface area contributed by atoms with E-state index in [0.29, 0.717) is 11.2 Å². The Hall–Kier alpha value is -4.14. The Morgan fingerprint density at radius 1 is 1.10 bits per heavy atom. The van der Waals surface area contributed by atoms with Gasteiger partial charge in [0.1, 0.15) is 0 Å². The molecule has 0 atom stereocenters. The maximum atomic E-state index is 12.6. The second kappa shape index (κ2) is 8.70. The average molecular weight is 392 g/mol. The van der Waals surface area contributed by atoms with Crippen molar-refractivity contribution >= 4 is 39.7 Å². The fraction of sp³-hybridized carbons (Fsp3) is 0.100. The number of aromatic nitrogens is 1. The van der Waals surface area contributed by atoms with Crippen LogP contribution in [0.4, 0.5) is 11.4 Å². The third kappa shape index (κ3) is 4.59. The van der Waals surface area contributed by atoms with E-state index >= 15 is 0 Å². The number of fused-ring (bicyclic) bond motifs is 1. The lowest BCUT2D eigenvalue weighted by atomic mass is 10.1. The maximum Gasteiger partial charge on any atom is 0.381 e. The topological polar surface area (TPSA) is 124 Å². The molecule has 0 radical (unpaired) electrons. The third-order valence-corrected chi connectivity index (χ3v) is 3.89. The second-order valence-electron chi connectivity index (χ2n) is 5.81. The predicted molar refractivity (Wildman–Crippen MR) is 107 cm³/mol. The monoisotopic (exact) mass is 392 g/mol. The number of para-hydroxylation sites is 1. The Bertz CT molecular complexity index is 1110. The molecule has 0 bridgehead atoms. The molecule has 0 aliphatic rings. The lowest BCUT2D eigenvalue weighted by Crippen LogP contribution is -2.28. The van der Waals surface area contributed by atoms with E-state index in [1.807, 2.05) is 12.1 Å². The van der Waals surface area contributed by atoms with E-state index in [1.54, 1.807) is 31.2 Å². The Morgan fingerprint density at radius 2 is 1.83 bits per heavy atom. The summed E-state index contributed by atoms with van der Waals surface area (Å²) in [5.74, 6) is -2.00. The minimum absolute atomic E-state index is 0.0405. The first-order valence-corrected chi connectivity index (χ1v) is 8.65. The average Bonchev–Trinajstić information content (AvgIpc) is 2.74. The Labute approximate surface area is 165 Å². The molecule has 9 nitrogen and oxygen atoms in total. The maximum absolute atomic E-state index is 12.6. The summed E-state index contributed by atoms with van der Waals surface area (Å²) in [5.41, 5.74) is 3.53. The van der Waals surface area contributed by atoms with E-state index in [1.165, 1.54) is 24.3 Å². The highest BCUT2D eigenvalue weighted by Gasteiger charge is 2.25. The minimum atomic E-state index is -1.05. The molecule has 0 fully saturated rings. The molecule has 0 spiro atoms. The SMILES string of the molecule is CCOC(=O)C(=O)/C(=N\Nc1ccc([N+](=O)[O-])cc1)c1ccc2ccccc2n1. The van der Waals surface area contributed by atoms with Crippen LogP contribution < -0.4 is 5.43 Å². The van der Waals surface area contributed by atoms with Gasteiger partial charge >= 0.3 is 5.97 Å². The molecule has 1 aromatic heterocycles. The Morgan fingerprint density at radius 3 is 2.52 bits per heavy atom. The molecule has 1 N–H and O–H groups in total. The van der Waals surface area contributed by atoms with Crippen LogP contribution >= 0.6 is 0 Å². The molecule has 0 amide bonds. The molecular weight excluding hydrogens is 376 g/mol. The fourth-order valence-electron chi connectivity index (χ4n) is 2.49. The zero-order valence-corrected chi connectivity index (χ0v) is 15.4. The first-order valence-electron chi connectivity index (χ1n) is 8.65. The van der Waals surface area contributed by atoms with Gasteiger partial charge in [-0.2, -0.15) is 5.10 Å². The number of carbonyl (C=O) groups is 2. The van der Waals surface area contributed by atoms with Gasteiger partial charge in [0.05, 0.1) is 28.4 Å². The van der Waals surface area contributed by atoms with E-state index in [-0.39, 0.29) is 23.7 Å².